The fourth-order valence-electron chi connectivity index (χ4n) is 0.981. The summed E-state index contributed by atoms with van der Waals surface area (Å²) in [7, 11) is 0. The fraction of sp³-hybridized carbons (Fsp3) is 0.875. The van der Waals surface area contributed by atoms with Crippen LogP contribution in [0.25, 0.3) is 0 Å². The Kier molecular flexibility index (Phi) is 3.52. The molecule has 3 nitrogen and oxygen atoms in total. The third-order valence-corrected chi connectivity index (χ3v) is 1.26. The first-order chi connectivity index (χ1) is 4.81. The van der Waals surface area contributed by atoms with Gasteiger partial charge in [0.2, 0.25) is 0 Å². The van der Waals surface area contributed by atoms with Crippen molar-refractivity contribution in [2.75, 3.05) is 0 Å². The molecule has 0 aromatic rings. The summed E-state index contributed by atoms with van der Waals surface area (Å²) in [5.74, 6) is -0.943. The number of rotatable bonds is 3. The van der Waals surface area contributed by atoms with Crippen molar-refractivity contribution in [3.63, 3.8) is 0 Å². The number of aliphatic carboxylic acids is 1. The zero-order chi connectivity index (χ0) is 9.07. The van der Waals surface area contributed by atoms with E-state index in [1.165, 1.54) is 0 Å². The molecule has 0 aromatic heterocycles. The Morgan fingerprint density at radius 2 is 1.91 bits per heavy atom. The summed E-state index contributed by atoms with van der Waals surface area (Å²) in [5, 5.41) is 17.5. The van der Waals surface area contributed by atoms with Gasteiger partial charge in [0.1, 0.15) is 0 Å². The summed E-state index contributed by atoms with van der Waals surface area (Å²) in [6, 6.07) is 0. The molecule has 0 saturated heterocycles. The van der Waals surface area contributed by atoms with Crippen molar-refractivity contribution < 1.29 is 15.0 Å². The monoisotopic (exact) mass is 160 g/mol. The number of carboxylic acids is 1. The van der Waals surface area contributed by atoms with Crippen molar-refractivity contribution in [1.82, 2.24) is 0 Å². The second-order valence-electron chi connectivity index (χ2n) is 4.02. The molecule has 66 valence electrons. The van der Waals surface area contributed by atoms with Crippen LogP contribution in [0.4, 0.5) is 0 Å². The third-order valence-electron chi connectivity index (χ3n) is 1.26. The Labute approximate surface area is 67.0 Å². The molecule has 0 aliphatic carbocycles. The summed E-state index contributed by atoms with van der Waals surface area (Å²) < 4.78 is 0. The normalized spacial score (nSPS) is 14.5. The molecule has 0 aromatic carbocycles. The average molecular weight is 160 g/mol. The smallest absolute Gasteiger partial charge is 0.305 e. The molecule has 0 amide bonds. The first-order valence-electron chi connectivity index (χ1n) is 3.71. The van der Waals surface area contributed by atoms with Crippen molar-refractivity contribution >= 4 is 5.97 Å². The minimum absolute atomic E-state index is 0.00509. The topological polar surface area (TPSA) is 57.5 Å². The quantitative estimate of drug-likeness (QED) is 0.653. The molecule has 0 spiro atoms. The van der Waals surface area contributed by atoms with Gasteiger partial charge in [-0.1, -0.05) is 20.8 Å². The van der Waals surface area contributed by atoms with Gasteiger partial charge in [0.15, 0.2) is 0 Å². The number of carbonyl (C=O) groups is 1. The first kappa shape index (κ1) is 10.4. The van der Waals surface area contributed by atoms with Gasteiger partial charge >= 0.3 is 5.97 Å². The highest BCUT2D eigenvalue weighted by Crippen LogP contribution is 2.21. The second kappa shape index (κ2) is 3.72. The van der Waals surface area contributed by atoms with Crippen molar-refractivity contribution in [1.29, 1.82) is 0 Å². The number of hydrogen-bond donors (Lipinski definition) is 2. The number of hydrogen-bond acceptors (Lipinski definition) is 2. The van der Waals surface area contributed by atoms with Gasteiger partial charge in [0.05, 0.1) is 12.5 Å². The van der Waals surface area contributed by atoms with Gasteiger partial charge in [-0.05, 0) is 11.8 Å². The third kappa shape index (κ3) is 7.33. The van der Waals surface area contributed by atoms with Crippen LogP contribution < -0.4 is 0 Å². The van der Waals surface area contributed by atoms with E-state index in [9.17, 15) is 9.90 Å². The Hall–Kier alpha value is -0.570. The summed E-state index contributed by atoms with van der Waals surface area (Å²) >= 11 is 0. The van der Waals surface area contributed by atoms with Crippen LogP contribution in [0, 0.1) is 5.41 Å². The van der Waals surface area contributed by atoms with Gasteiger partial charge in [0.25, 0.3) is 0 Å². The highest BCUT2D eigenvalue weighted by atomic mass is 16.4. The molecule has 0 bridgehead atoms. The maximum atomic E-state index is 10.1. The van der Waals surface area contributed by atoms with Gasteiger partial charge in [-0.25, -0.2) is 0 Å². The predicted molar refractivity (Wildman–Crippen MR) is 42.3 cm³/mol. The van der Waals surface area contributed by atoms with Crippen LogP contribution in [-0.4, -0.2) is 22.3 Å². The molecule has 0 aliphatic rings. The number of aliphatic hydroxyl groups excluding tert-OH is 1. The van der Waals surface area contributed by atoms with E-state index in [1.807, 2.05) is 20.8 Å². The SMILES string of the molecule is CC(C)(C)C[C@@H](O)CC(=O)O. The molecule has 0 aliphatic heterocycles. The molecule has 11 heavy (non-hydrogen) atoms. The minimum atomic E-state index is -0.943. The molecule has 2 N–H and O–H groups in total. The highest BCUT2D eigenvalue weighted by molar-refractivity contribution is 5.67. The van der Waals surface area contributed by atoms with Gasteiger partial charge in [0, 0.05) is 0 Å². The van der Waals surface area contributed by atoms with E-state index in [-0.39, 0.29) is 11.8 Å². The van der Waals surface area contributed by atoms with Crippen LogP contribution >= 0.6 is 0 Å². The molecule has 0 radical (unpaired) electrons. The standard InChI is InChI=1S/C8H16O3/c1-8(2,3)5-6(9)4-7(10)11/h6,9H,4-5H2,1-3H3,(H,10,11)/t6-/m0/s1. The molecule has 0 rings (SSSR count). The predicted octanol–water partition coefficient (Wildman–Crippen LogP) is 1.26. The van der Waals surface area contributed by atoms with E-state index < -0.39 is 12.1 Å². The maximum Gasteiger partial charge on any atom is 0.305 e. The van der Waals surface area contributed by atoms with E-state index in [1.54, 1.807) is 0 Å². The number of carboxylic acid groups (broad SMARTS) is 1. The molecule has 3 heteroatoms. The van der Waals surface area contributed by atoms with Crippen LogP contribution in [0.15, 0.2) is 0 Å². The molecule has 0 heterocycles. The Morgan fingerprint density at radius 1 is 1.45 bits per heavy atom. The van der Waals surface area contributed by atoms with E-state index in [2.05, 4.69) is 0 Å². The van der Waals surface area contributed by atoms with Gasteiger partial charge in [-0.3, -0.25) is 4.79 Å². The van der Waals surface area contributed by atoms with Crippen LogP contribution in [0.5, 0.6) is 0 Å². The highest BCUT2D eigenvalue weighted by Gasteiger charge is 2.18. The van der Waals surface area contributed by atoms with Crippen LogP contribution in [-0.2, 0) is 4.79 Å². The average Bonchev–Trinajstić information content (AvgIpc) is 1.53. The minimum Gasteiger partial charge on any atom is -0.481 e. The Morgan fingerprint density at radius 3 is 2.18 bits per heavy atom. The summed E-state index contributed by atoms with van der Waals surface area (Å²) in [5.41, 5.74) is -0.00509. The lowest BCUT2D eigenvalue weighted by atomic mass is 9.88. The van der Waals surface area contributed by atoms with Crippen molar-refractivity contribution in [3.05, 3.63) is 0 Å². The lowest BCUT2D eigenvalue weighted by molar-refractivity contribution is -0.139. The summed E-state index contributed by atoms with van der Waals surface area (Å²) in [6.07, 6.45) is -0.344. The van der Waals surface area contributed by atoms with Crippen molar-refractivity contribution in [2.45, 2.75) is 39.7 Å². The molecular weight excluding hydrogens is 144 g/mol. The van der Waals surface area contributed by atoms with Crippen LogP contribution in [0.3, 0.4) is 0 Å². The van der Waals surface area contributed by atoms with Gasteiger partial charge in [-0.15, -0.1) is 0 Å². The molecular formula is C8H16O3. The first-order valence-corrected chi connectivity index (χ1v) is 3.71. The van der Waals surface area contributed by atoms with Crippen LogP contribution in [0.1, 0.15) is 33.6 Å². The lowest BCUT2D eigenvalue weighted by Crippen LogP contribution is -2.20. The Bertz CT molecular complexity index is 135. The largest absolute Gasteiger partial charge is 0.481 e. The molecule has 0 unspecified atom stereocenters. The summed E-state index contributed by atoms with van der Waals surface area (Å²) in [6.45, 7) is 5.91. The lowest BCUT2D eigenvalue weighted by Gasteiger charge is -2.20. The Balaban J connectivity index is 3.69. The molecule has 0 saturated carbocycles. The van der Waals surface area contributed by atoms with Crippen LogP contribution in [0.2, 0.25) is 0 Å². The van der Waals surface area contributed by atoms with Crippen molar-refractivity contribution in [3.8, 4) is 0 Å². The zero-order valence-corrected chi connectivity index (χ0v) is 7.29. The maximum absolute atomic E-state index is 10.1. The molecule has 0 fully saturated rings. The molecule has 1 atom stereocenters. The van der Waals surface area contributed by atoms with E-state index in [0.29, 0.717) is 6.42 Å². The van der Waals surface area contributed by atoms with Gasteiger partial charge in [-0.2, -0.15) is 0 Å². The zero-order valence-electron chi connectivity index (χ0n) is 7.29. The van der Waals surface area contributed by atoms with E-state index in [0.717, 1.165) is 0 Å². The van der Waals surface area contributed by atoms with E-state index in [4.69, 9.17) is 5.11 Å². The fourth-order valence-corrected chi connectivity index (χ4v) is 0.981. The number of aliphatic hydroxyl groups is 1. The second-order valence-corrected chi connectivity index (χ2v) is 4.02. The van der Waals surface area contributed by atoms with Crippen molar-refractivity contribution in [2.24, 2.45) is 5.41 Å². The van der Waals surface area contributed by atoms with E-state index >= 15 is 0 Å². The summed E-state index contributed by atoms with van der Waals surface area (Å²) in [4.78, 5) is 10.1. The van der Waals surface area contributed by atoms with Gasteiger partial charge < -0.3 is 10.2 Å².